The molecule has 9 nitrogen and oxygen atoms in total. The molecule has 1 aromatic rings. The molecule has 1 fully saturated rings. The SMILES string of the molecule is CC(C)(C)OC(=O)N1CC[C@@H](CNC(=O)c2cc(C#N)cc3c2OCCCO3)C(O)C1. The van der Waals surface area contributed by atoms with Gasteiger partial charge in [0, 0.05) is 31.5 Å². The van der Waals surface area contributed by atoms with Crippen LogP contribution < -0.4 is 14.8 Å². The Hall–Kier alpha value is -2.99. The average molecular weight is 431 g/mol. The molecule has 1 aromatic carbocycles. The molecule has 1 unspecified atom stereocenters. The molecule has 2 heterocycles. The van der Waals surface area contributed by atoms with Gasteiger partial charge in [-0.05, 0) is 33.3 Å². The third kappa shape index (κ3) is 5.79. The number of β-amino-alcohol motifs (C(OH)–C–C–N with tert-alkyl or cyclic N) is 1. The van der Waals surface area contributed by atoms with Crippen molar-refractivity contribution in [3.05, 3.63) is 23.3 Å². The quantitative estimate of drug-likeness (QED) is 0.751. The smallest absolute Gasteiger partial charge is 0.410 e. The van der Waals surface area contributed by atoms with Gasteiger partial charge in [0.2, 0.25) is 0 Å². The zero-order chi connectivity index (χ0) is 22.6. The predicted molar refractivity (Wildman–Crippen MR) is 111 cm³/mol. The molecule has 168 valence electrons. The summed E-state index contributed by atoms with van der Waals surface area (Å²) in [5, 5.41) is 22.6. The minimum absolute atomic E-state index is 0.145. The van der Waals surface area contributed by atoms with Crippen LogP contribution in [0.15, 0.2) is 12.1 Å². The van der Waals surface area contributed by atoms with Gasteiger partial charge in [-0.25, -0.2) is 4.79 Å². The highest BCUT2D eigenvalue weighted by Gasteiger charge is 2.33. The van der Waals surface area contributed by atoms with Gasteiger partial charge in [-0.2, -0.15) is 5.26 Å². The maximum absolute atomic E-state index is 12.9. The van der Waals surface area contributed by atoms with Crippen LogP contribution in [0.25, 0.3) is 0 Å². The first-order valence-electron chi connectivity index (χ1n) is 10.5. The maximum Gasteiger partial charge on any atom is 0.410 e. The Morgan fingerprint density at radius 3 is 2.74 bits per heavy atom. The van der Waals surface area contributed by atoms with Crippen LogP contribution in [-0.4, -0.2) is 66.6 Å². The summed E-state index contributed by atoms with van der Waals surface area (Å²) < 4.78 is 16.7. The zero-order valence-electron chi connectivity index (χ0n) is 18.1. The standard InChI is InChI=1S/C22H29N3O6/c1-22(2,3)31-21(28)25-6-5-15(17(26)13-25)12-24-20(27)16-9-14(11-23)10-18-19(16)30-8-4-7-29-18/h9-10,15,17,26H,4-8,12-13H2,1-3H3,(H,24,27)/t15-,17?/m0/s1. The van der Waals surface area contributed by atoms with E-state index in [9.17, 15) is 20.0 Å². The number of piperidine rings is 1. The number of aliphatic hydroxyl groups excluding tert-OH is 1. The molecule has 0 saturated carbocycles. The largest absolute Gasteiger partial charge is 0.489 e. The Labute approximate surface area is 181 Å². The number of rotatable bonds is 3. The molecule has 9 heteroatoms. The number of carbonyl (C=O) groups is 2. The number of aliphatic hydroxyl groups is 1. The zero-order valence-corrected chi connectivity index (χ0v) is 18.1. The summed E-state index contributed by atoms with van der Waals surface area (Å²) in [4.78, 5) is 26.5. The van der Waals surface area contributed by atoms with Crippen molar-refractivity contribution in [1.82, 2.24) is 10.2 Å². The molecule has 0 radical (unpaired) electrons. The summed E-state index contributed by atoms with van der Waals surface area (Å²) in [6, 6.07) is 5.07. The first kappa shape index (κ1) is 22.7. The van der Waals surface area contributed by atoms with Gasteiger partial charge in [-0.1, -0.05) is 0 Å². The van der Waals surface area contributed by atoms with Gasteiger partial charge in [0.25, 0.3) is 5.91 Å². The summed E-state index contributed by atoms with van der Waals surface area (Å²) in [6.07, 6.45) is -0.0395. The van der Waals surface area contributed by atoms with E-state index in [2.05, 4.69) is 5.32 Å². The van der Waals surface area contributed by atoms with Crippen LogP contribution in [0, 0.1) is 17.2 Å². The van der Waals surface area contributed by atoms with Crippen molar-refractivity contribution in [1.29, 1.82) is 5.26 Å². The second-order valence-electron chi connectivity index (χ2n) is 8.77. The molecule has 0 bridgehead atoms. The van der Waals surface area contributed by atoms with Gasteiger partial charge in [0.1, 0.15) is 5.60 Å². The number of fused-ring (bicyclic) bond motifs is 1. The highest BCUT2D eigenvalue weighted by Crippen LogP contribution is 2.35. The van der Waals surface area contributed by atoms with Crippen LogP contribution in [0.5, 0.6) is 11.5 Å². The van der Waals surface area contributed by atoms with Gasteiger partial charge in [0.05, 0.1) is 43.1 Å². The van der Waals surface area contributed by atoms with Crippen molar-refractivity contribution in [2.24, 2.45) is 5.92 Å². The van der Waals surface area contributed by atoms with E-state index >= 15 is 0 Å². The van der Waals surface area contributed by atoms with Crippen molar-refractivity contribution < 1.29 is 28.9 Å². The lowest BCUT2D eigenvalue weighted by Gasteiger charge is -2.36. The minimum atomic E-state index is -0.788. The normalized spacial score (nSPS) is 20.9. The molecular weight excluding hydrogens is 402 g/mol. The highest BCUT2D eigenvalue weighted by molar-refractivity contribution is 5.98. The molecule has 0 aromatic heterocycles. The Morgan fingerprint density at radius 2 is 2.06 bits per heavy atom. The van der Waals surface area contributed by atoms with Crippen molar-refractivity contribution >= 4 is 12.0 Å². The Bertz CT molecular complexity index is 873. The third-order valence-electron chi connectivity index (χ3n) is 5.12. The molecule has 2 aliphatic rings. The molecule has 0 aliphatic carbocycles. The maximum atomic E-state index is 12.9. The van der Waals surface area contributed by atoms with E-state index in [0.29, 0.717) is 49.7 Å². The molecule has 2 N–H and O–H groups in total. The number of carbonyl (C=O) groups excluding carboxylic acids is 2. The van der Waals surface area contributed by atoms with Crippen molar-refractivity contribution in [2.75, 3.05) is 32.8 Å². The van der Waals surface area contributed by atoms with Crippen LogP contribution in [0.4, 0.5) is 4.79 Å². The lowest BCUT2D eigenvalue weighted by Crippen LogP contribution is -2.50. The van der Waals surface area contributed by atoms with Crippen LogP contribution in [0.2, 0.25) is 0 Å². The number of ether oxygens (including phenoxy) is 3. The van der Waals surface area contributed by atoms with E-state index in [4.69, 9.17) is 14.2 Å². The summed E-state index contributed by atoms with van der Waals surface area (Å²) >= 11 is 0. The second-order valence-corrected chi connectivity index (χ2v) is 8.77. The van der Waals surface area contributed by atoms with Gasteiger partial charge in [-0.15, -0.1) is 0 Å². The Kier molecular flexibility index (Phi) is 6.91. The Balaban J connectivity index is 1.62. The van der Waals surface area contributed by atoms with E-state index in [1.165, 1.54) is 11.0 Å². The molecule has 3 rings (SSSR count). The first-order chi connectivity index (χ1) is 14.7. The first-order valence-corrected chi connectivity index (χ1v) is 10.5. The number of hydrogen-bond donors (Lipinski definition) is 2. The molecule has 1 saturated heterocycles. The van der Waals surface area contributed by atoms with E-state index < -0.39 is 23.7 Å². The summed E-state index contributed by atoms with van der Waals surface area (Å²) in [7, 11) is 0. The molecule has 31 heavy (non-hydrogen) atoms. The van der Waals surface area contributed by atoms with E-state index in [1.807, 2.05) is 6.07 Å². The molecule has 0 spiro atoms. The van der Waals surface area contributed by atoms with Gasteiger partial charge < -0.3 is 29.5 Å². The number of likely N-dealkylation sites (tertiary alicyclic amines) is 1. The molecule has 2 aliphatic heterocycles. The number of hydrogen-bond acceptors (Lipinski definition) is 7. The number of benzene rings is 1. The van der Waals surface area contributed by atoms with Gasteiger partial charge in [0.15, 0.2) is 11.5 Å². The average Bonchev–Trinajstić information content (AvgIpc) is 2.96. The van der Waals surface area contributed by atoms with Crippen molar-refractivity contribution in [3.8, 4) is 17.6 Å². The summed E-state index contributed by atoms with van der Waals surface area (Å²) in [5.41, 5.74) is -0.0639. The number of nitriles is 1. The van der Waals surface area contributed by atoms with Gasteiger partial charge in [-0.3, -0.25) is 4.79 Å². The lowest BCUT2D eigenvalue weighted by molar-refractivity contribution is -0.0122. The fourth-order valence-corrected chi connectivity index (χ4v) is 3.54. The second kappa shape index (κ2) is 9.43. The fraction of sp³-hybridized carbons (Fsp3) is 0.591. The lowest BCUT2D eigenvalue weighted by atomic mass is 9.94. The minimum Gasteiger partial charge on any atom is -0.489 e. The third-order valence-corrected chi connectivity index (χ3v) is 5.12. The number of amides is 2. The molecular formula is C22H29N3O6. The van der Waals surface area contributed by atoms with E-state index in [0.717, 1.165) is 0 Å². The molecule has 2 amide bonds. The summed E-state index contributed by atoms with van der Waals surface area (Å²) in [5.74, 6) is 0.0971. The van der Waals surface area contributed by atoms with Crippen LogP contribution in [0.1, 0.15) is 49.5 Å². The van der Waals surface area contributed by atoms with Gasteiger partial charge >= 0.3 is 6.09 Å². The van der Waals surface area contributed by atoms with Crippen LogP contribution >= 0.6 is 0 Å². The van der Waals surface area contributed by atoms with Crippen LogP contribution in [0.3, 0.4) is 0 Å². The topological polar surface area (TPSA) is 121 Å². The summed E-state index contributed by atoms with van der Waals surface area (Å²) in [6.45, 7) is 7.05. The van der Waals surface area contributed by atoms with Crippen molar-refractivity contribution in [2.45, 2.75) is 45.3 Å². The van der Waals surface area contributed by atoms with Crippen LogP contribution in [-0.2, 0) is 4.74 Å². The Morgan fingerprint density at radius 1 is 1.32 bits per heavy atom. The monoisotopic (exact) mass is 431 g/mol. The molecule has 2 atom stereocenters. The number of nitrogens with zero attached hydrogens (tertiary/aromatic N) is 2. The fourth-order valence-electron chi connectivity index (χ4n) is 3.54. The predicted octanol–water partition coefficient (Wildman–Crippen LogP) is 2.07. The highest BCUT2D eigenvalue weighted by atomic mass is 16.6. The van der Waals surface area contributed by atoms with Crippen molar-refractivity contribution in [3.63, 3.8) is 0 Å². The number of nitrogens with one attached hydrogen (secondary N) is 1. The van der Waals surface area contributed by atoms with E-state index in [1.54, 1.807) is 26.8 Å². The van der Waals surface area contributed by atoms with E-state index in [-0.39, 0.29) is 24.6 Å².